The van der Waals surface area contributed by atoms with Crippen molar-refractivity contribution in [3.8, 4) is 6.07 Å². The summed E-state index contributed by atoms with van der Waals surface area (Å²) in [6, 6.07) is 9.08. The van der Waals surface area contributed by atoms with Crippen LogP contribution in [0.5, 0.6) is 0 Å². The van der Waals surface area contributed by atoms with Crippen LogP contribution < -0.4 is 5.32 Å². The van der Waals surface area contributed by atoms with Gasteiger partial charge in [-0.3, -0.25) is 14.9 Å². The molecule has 0 aliphatic heterocycles. The number of nitrogens with zero attached hydrogens (tertiary/aromatic N) is 3. The smallest absolute Gasteiger partial charge is 0.300 e. The van der Waals surface area contributed by atoms with Crippen molar-refractivity contribution >= 4 is 35.1 Å². The average molecular weight is 361 g/mol. The molecule has 1 aromatic heterocycles. The topological polar surface area (TPSA) is 124 Å². The highest BCUT2D eigenvalue weighted by Gasteiger charge is 2.29. The predicted octanol–water partition coefficient (Wildman–Crippen LogP) is 3.30. The number of aromatic amines is 1. The summed E-state index contributed by atoms with van der Waals surface area (Å²) in [5, 5.41) is 23.7. The number of aromatic nitrogens is 1. The first-order valence-electron chi connectivity index (χ1n) is 8.07. The van der Waals surface area contributed by atoms with Gasteiger partial charge in [-0.15, -0.1) is 0 Å². The van der Waals surface area contributed by atoms with Crippen LogP contribution >= 0.6 is 0 Å². The standard InChI is InChI=1S/C19H15N5O3/c1-21-15-4-2-3-5-16(15)22-17(11-25)18-19(24(26)27)13-8-6-12(10-20)7-9-14(13)23-18/h2-7,9,11,21,23H,8H2,1H3. The van der Waals surface area contributed by atoms with Gasteiger partial charge in [0, 0.05) is 24.7 Å². The second kappa shape index (κ2) is 7.49. The van der Waals surface area contributed by atoms with E-state index in [1.807, 2.05) is 12.1 Å². The molecular formula is C19H15N5O3. The third kappa shape index (κ3) is 3.39. The molecule has 0 fully saturated rings. The Bertz CT molecular complexity index is 1050. The van der Waals surface area contributed by atoms with Crippen LogP contribution in [0.15, 0.2) is 47.0 Å². The Labute approximate surface area is 154 Å². The number of nitriles is 1. The van der Waals surface area contributed by atoms with E-state index in [2.05, 4.69) is 15.3 Å². The monoisotopic (exact) mass is 361 g/mol. The zero-order valence-corrected chi connectivity index (χ0v) is 14.4. The van der Waals surface area contributed by atoms with E-state index in [1.54, 1.807) is 43.5 Å². The zero-order chi connectivity index (χ0) is 19.4. The summed E-state index contributed by atoms with van der Waals surface area (Å²) in [5.74, 6) is 0. The maximum atomic E-state index is 11.7. The number of aliphatic imine (C=N–C) groups is 1. The number of nitro groups is 1. The SMILES string of the molecule is CNc1ccccc1N=C(C=O)c1[nH]c2c(c1[N+](=O)[O-])CC=C(C#N)C=C2. The molecule has 1 aliphatic carbocycles. The van der Waals surface area contributed by atoms with E-state index in [4.69, 9.17) is 5.26 Å². The Morgan fingerprint density at radius 1 is 1.41 bits per heavy atom. The van der Waals surface area contributed by atoms with Gasteiger partial charge in [-0.05, 0) is 24.3 Å². The summed E-state index contributed by atoms with van der Waals surface area (Å²) in [5.41, 5.74) is 2.25. The molecule has 2 N–H and O–H groups in total. The lowest BCUT2D eigenvalue weighted by Gasteiger charge is -2.05. The Balaban J connectivity index is 2.17. The van der Waals surface area contributed by atoms with E-state index in [9.17, 15) is 14.9 Å². The lowest BCUT2D eigenvalue weighted by molar-refractivity contribution is -0.385. The minimum atomic E-state index is -0.535. The minimum Gasteiger partial charge on any atom is -0.386 e. The maximum absolute atomic E-state index is 11.7. The fourth-order valence-electron chi connectivity index (χ4n) is 2.87. The number of nitrogens with one attached hydrogen (secondary N) is 2. The van der Waals surface area contributed by atoms with Gasteiger partial charge in [0.15, 0.2) is 6.29 Å². The second-order valence-electron chi connectivity index (χ2n) is 5.69. The van der Waals surface area contributed by atoms with Gasteiger partial charge in [0.2, 0.25) is 0 Å². The van der Waals surface area contributed by atoms with Crippen LogP contribution in [0.2, 0.25) is 0 Å². The number of carbonyl (C=O) groups is 1. The first kappa shape index (κ1) is 17.8. The molecule has 134 valence electrons. The molecular weight excluding hydrogens is 346 g/mol. The van der Waals surface area contributed by atoms with Gasteiger partial charge >= 0.3 is 5.69 Å². The Morgan fingerprint density at radius 3 is 2.85 bits per heavy atom. The van der Waals surface area contributed by atoms with Gasteiger partial charge in [0.05, 0.1) is 27.9 Å². The molecule has 0 spiro atoms. The predicted molar refractivity (Wildman–Crippen MR) is 102 cm³/mol. The van der Waals surface area contributed by atoms with Gasteiger partial charge < -0.3 is 10.3 Å². The molecule has 0 bridgehead atoms. The second-order valence-corrected chi connectivity index (χ2v) is 5.69. The van der Waals surface area contributed by atoms with Gasteiger partial charge in [0.25, 0.3) is 0 Å². The number of fused-ring (bicyclic) bond motifs is 1. The van der Waals surface area contributed by atoms with Crippen molar-refractivity contribution in [2.24, 2.45) is 4.99 Å². The van der Waals surface area contributed by atoms with Crippen LogP contribution in [0, 0.1) is 21.4 Å². The van der Waals surface area contributed by atoms with Crippen molar-refractivity contribution in [3.63, 3.8) is 0 Å². The van der Waals surface area contributed by atoms with Crippen molar-refractivity contribution in [2.75, 3.05) is 12.4 Å². The molecule has 0 saturated heterocycles. The van der Waals surface area contributed by atoms with E-state index >= 15 is 0 Å². The number of carbonyl (C=O) groups excluding carboxylic acids is 1. The number of allylic oxidation sites excluding steroid dienone is 3. The lowest BCUT2D eigenvalue weighted by Crippen LogP contribution is -2.07. The maximum Gasteiger partial charge on any atom is 0.300 e. The molecule has 1 heterocycles. The van der Waals surface area contributed by atoms with Crippen LogP contribution in [0.25, 0.3) is 6.08 Å². The van der Waals surface area contributed by atoms with E-state index in [0.29, 0.717) is 34.5 Å². The summed E-state index contributed by atoms with van der Waals surface area (Å²) in [6.07, 6.45) is 5.48. The quantitative estimate of drug-likeness (QED) is 0.366. The van der Waals surface area contributed by atoms with E-state index in [0.717, 1.165) is 0 Å². The Kier molecular flexibility index (Phi) is 4.95. The lowest BCUT2D eigenvalue weighted by atomic mass is 10.1. The van der Waals surface area contributed by atoms with E-state index in [-0.39, 0.29) is 23.5 Å². The molecule has 0 unspecified atom stereocenters. The number of rotatable bonds is 5. The van der Waals surface area contributed by atoms with Crippen molar-refractivity contribution in [2.45, 2.75) is 6.42 Å². The molecule has 1 aliphatic rings. The summed E-state index contributed by atoms with van der Waals surface area (Å²) >= 11 is 0. The first-order chi connectivity index (χ1) is 13.1. The van der Waals surface area contributed by atoms with Crippen molar-refractivity contribution in [1.29, 1.82) is 5.26 Å². The minimum absolute atomic E-state index is 0.0457. The number of benzene rings is 1. The highest BCUT2D eigenvalue weighted by molar-refractivity contribution is 6.37. The highest BCUT2D eigenvalue weighted by Crippen LogP contribution is 2.33. The van der Waals surface area contributed by atoms with Gasteiger partial charge in [-0.25, -0.2) is 4.99 Å². The number of hydrogen-bond acceptors (Lipinski definition) is 6. The molecule has 8 nitrogen and oxygen atoms in total. The van der Waals surface area contributed by atoms with Gasteiger partial charge in [-0.2, -0.15) is 5.26 Å². The molecule has 0 saturated carbocycles. The zero-order valence-electron chi connectivity index (χ0n) is 14.4. The normalized spacial score (nSPS) is 13.2. The fourth-order valence-corrected chi connectivity index (χ4v) is 2.87. The van der Waals surface area contributed by atoms with Crippen LogP contribution in [0.3, 0.4) is 0 Å². The molecule has 0 radical (unpaired) electrons. The fraction of sp³-hybridized carbons (Fsp3) is 0.105. The molecule has 3 rings (SSSR count). The molecule has 0 amide bonds. The summed E-state index contributed by atoms with van der Waals surface area (Å²) < 4.78 is 0. The summed E-state index contributed by atoms with van der Waals surface area (Å²) in [4.78, 5) is 30.1. The summed E-state index contributed by atoms with van der Waals surface area (Å²) in [7, 11) is 1.72. The number of anilines is 1. The molecule has 8 heteroatoms. The largest absolute Gasteiger partial charge is 0.386 e. The molecule has 2 aromatic rings. The Hall–Kier alpha value is -3.99. The van der Waals surface area contributed by atoms with E-state index < -0.39 is 4.92 Å². The number of para-hydroxylation sites is 2. The van der Waals surface area contributed by atoms with Crippen molar-refractivity contribution in [3.05, 3.63) is 69.1 Å². The van der Waals surface area contributed by atoms with Gasteiger partial charge in [0.1, 0.15) is 11.4 Å². The van der Waals surface area contributed by atoms with Gasteiger partial charge in [-0.1, -0.05) is 18.2 Å². The number of hydrogen-bond donors (Lipinski definition) is 2. The van der Waals surface area contributed by atoms with E-state index in [1.165, 1.54) is 0 Å². The van der Waals surface area contributed by atoms with Crippen LogP contribution in [0.1, 0.15) is 17.0 Å². The highest BCUT2D eigenvalue weighted by atomic mass is 16.6. The number of aldehydes is 1. The molecule has 1 aromatic carbocycles. The average Bonchev–Trinajstić information content (AvgIpc) is 2.93. The Morgan fingerprint density at radius 2 is 2.19 bits per heavy atom. The van der Waals surface area contributed by atoms with Crippen LogP contribution in [0.4, 0.5) is 17.1 Å². The van der Waals surface area contributed by atoms with Crippen molar-refractivity contribution in [1.82, 2.24) is 4.98 Å². The third-order valence-electron chi connectivity index (χ3n) is 4.16. The summed E-state index contributed by atoms with van der Waals surface area (Å²) in [6.45, 7) is 0. The van der Waals surface area contributed by atoms with Crippen molar-refractivity contribution < 1.29 is 9.72 Å². The molecule has 27 heavy (non-hydrogen) atoms. The number of H-pyrrole nitrogens is 1. The van der Waals surface area contributed by atoms with Crippen LogP contribution in [-0.2, 0) is 11.2 Å². The third-order valence-corrected chi connectivity index (χ3v) is 4.16. The molecule has 0 atom stereocenters. The first-order valence-corrected chi connectivity index (χ1v) is 8.07. The van der Waals surface area contributed by atoms with Crippen LogP contribution in [-0.4, -0.2) is 29.0 Å².